The number of anilines is 2. The number of fused-ring (bicyclic) bond motifs is 3. The second-order valence-electron chi connectivity index (χ2n) is 6.50. The highest BCUT2D eigenvalue weighted by atomic mass is 32.1. The normalized spacial score (nSPS) is 10.7. The zero-order chi connectivity index (χ0) is 19.6. The minimum absolute atomic E-state index is 0.522. The molecule has 138 valence electrons. The highest BCUT2D eigenvalue weighted by molar-refractivity contribution is 7.26. The van der Waals surface area contributed by atoms with Crippen LogP contribution in [0.1, 0.15) is 5.56 Å². The van der Waals surface area contributed by atoms with Gasteiger partial charge in [-0.2, -0.15) is 5.26 Å². The van der Waals surface area contributed by atoms with Crippen LogP contribution in [-0.4, -0.2) is 4.98 Å². The number of pyridine rings is 1. The fourth-order valence-electron chi connectivity index (χ4n) is 3.23. The summed E-state index contributed by atoms with van der Waals surface area (Å²) in [7, 11) is 0. The fourth-order valence-corrected chi connectivity index (χ4v) is 4.39. The molecule has 0 bridgehead atoms. The van der Waals surface area contributed by atoms with Crippen molar-refractivity contribution in [3.05, 3.63) is 90.6 Å². The summed E-state index contributed by atoms with van der Waals surface area (Å²) in [5.41, 5.74) is 3.10. The van der Waals surface area contributed by atoms with Gasteiger partial charge >= 0.3 is 0 Å². The van der Waals surface area contributed by atoms with E-state index in [0.717, 1.165) is 43.2 Å². The molecule has 0 radical (unpaired) electrons. The van der Waals surface area contributed by atoms with Crippen LogP contribution in [0.25, 0.3) is 20.3 Å². The molecule has 0 aliphatic carbocycles. The Balaban J connectivity index is 1.50. The van der Waals surface area contributed by atoms with Crippen LogP contribution in [0.3, 0.4) is 0 Å². The average Bonchev–Trinajstić information content (AvgIpc) is 3.15. The monoisotopic (exact) mass is 393 g/mol. The zero-order valence-electron chi connectivity index (χ0n) is 15.3. The van der Waals surface area contributed by atoms with E-state index in [4.69, 9.17) is 4.74 Å². The molecule has 0 fully saturated rings. The third-order valence-corrected chi connectivity index (χ3v) is 5.79. The number of para-hydroxylation sites is 1. The number of benzene rings is 3. The van der Waals surface area contributed by atoms with Gasteiger partial charge in [0.05, 0.1) is 21.5 Å². The Labute approximate surface area is 171 Å². The summed E-state index contributed by atoms with van der Waals surface area (Å²) >= 11 is 1.64. The Kier molecular flexibility index (Phi) is 4.32. The van der Waals surface area contributed by atoms with Crippen LogP contribution < -0.4 is 10.1 Å². The SMILES string of the molecule is N#Cc1cnc2c(sc3ccccc32)c1Nc1ccc(Oc2ccccc2)cc1. The number of aromatic nitrogens is 1. The van der Waals surface area contributed by atoms with Crippen LogP contribution in [0.5, 0.6) is 11.5 Å². The van der Waals surface area contributed by atoms with Crippen molar-refractivity contribution in [2.75, 3.05) is 5.32 Å². The maximum absolute atomic E-state index is 9.59. The Morgan fingerprint density at radius 2 is 1.59 bits per heavy atom. The van der Waals surface area contributed by atoms with Crippen molar-refractivity contribution < 1.29 is 4.74 Å². The molecular formula is C24H15N3OS. The topological polar surface area (TPSA) is 57.9 Å². The van der Waals surface area contributed by atoms with Crippen molar-refractivity contribution in [1.82, 2.24) is 4.98 Å². The van der Waals surface area contributed by atoms with Gasteiger partial charge in [0, 0.05) is 22.0 Å². The second kappa shape index (κ2) is 7.27. The average molecular weight is 393 g/mol. The zero-order valence-corrected chi connectivity index (χ0v) is 16.1. The van der Waals surface area contributed by atoms with Gasteiger partial charge in [-0.25, -0.2) is 0 Å². The van der Waals surface area contributed by atoms with Gasteiger partial charge in [-0.15, -0.1) is 11.3 Å². The van der Waals surface area contributed by atoms with Crippen molar-refractivity contribution in [3.8, 4) is 17.6 Å². The van der Waals surface area contributed by atoms with E-state index in [0.29, 0.717) is 5.56 Å². The number of hydrogen-bond acceptors (Lipinski definition) is 5. The molecule has 5 rings (SSSR count). The first-order chi connectivity index (χ1) is 14.3. The third-order valence-electron chi connectivity index (χ3n) is 4.61. The van der Waals surface area contributed by atoms with E-state index in [1.165, 1.54) is 0 Å². The van der Waals surface area contributed by atoms with Crippen molar-refractivity contribution in [1.29, 1.82) is 5.26 Å². The molecule has 3 aromatic carbocycles. The molecule has 0 amide bonds. The van der Waals surface area contributed by atoms with Gasteiger partial charge in [-0.1, -0.05) is 36.4 Å². The maximum Gasteiger partial charge on any atom is 0.127 e. The van der Waals surface area contributed by atoms with Gasteiger partial charge < -0.3 is 10.1 Å². The smallest absolute Gasteiger partial charge is 0.127 e. The molecule has 29 heavy (non-hydrogen) atoms. The molecule has 4 nitrogen and oxygen atoms in total. The lowest BCUT2D eigenvalue weighted by molar-refractivity contribution is 0.483. The lowest BCUT2D eigenvalue weighted by atomic mass is 10.1. The minimum Gasteiger partial charge on any atom is -0.457 e. The number of rotatable bonds is 4. The number of thiophene rings is 1. The van der Waals surface area contributed by atoms with Crippen molar-refractivity contribution in [2.24, 2.45) is 0 Å². The molecule has 2 heterocycles. The first kappa shape index (κ1) is 17.2. The number of ether oxygens (including phenoxy) is 1. The predicted octanol–water partition coefficient (Wildman–Crippen LogP) is 6.86. The van der Waals surface area contributed by atoms with Gasteiger partial charge in [0.15, 0.2) is 0 Å². The largest absolute Gasteiger partial charge is 0.457 e. The molecule has 5 aromatic rings. The lowest BCUT2D eigenvalue weighted by Gasteiger charge is -2.11. The Hall–Kier alpha value is -3.88. The molecule has 0 saturated carbocycles. The van der Waals surface area contributed by atoms with E-state index in [-0.39, 0.29) is 0 Å². The van der Waals surface area contributed by atoms with Gasteiger partial charge in [-0.3, -0.25) is 4.98 Å². The van der Waals surface area contributed by atoms with Crippen LogP contribution in [-0.2, 0) is 0 Å². The van der Waals surface area contributed by atoms with Crippen molar-refractivity contribution in [2.45, 2.75) is 0 Å². The summed E-state index contributed by atoms with van der Waals surface area (Å²) in [6, 6.07) is 27.8. The van der Waals surface area contributed by atoms with Gasteiger partial charge in [0.25, 0.3) is 0 Å². The van der Waals surface area contributed by atoms with Crippen molar-refractivity contribution in [3.63, 3.8) is 0 Å². The molecule has 0 aliphatic heterocycles. The first-order valence-electron chi connectivity index (χ1n) is 9.12. The van der Waals surface area contributed by atoms with Crippen LogP contribution in [0, 0.1) is 11.3 Å². The summed E-state index contributed by atoms with van der Waals surface area (Å²) in [5, 5.41) is 14.1. The van der Waals surface area contributed by atoms with Gasteiger partial charge in [-0.05, 0) is 42.5 Å². The summed E-state index contributed by atoms with van der Waals surface area (Å²) in [4.78, 5) is 4.53. The summed E-state index contributed by atoms with van der Waals surface area (Å²) in [6.45, 7) is 0. The molecule has 0 atom stereocenters. The fraction of sp³-hybridized carbons (Fsp3) is 0. The Morgan fingerprint density at radius 1 is 0.862 bits per heavy atom. The number of hydrogen-bond donors (Lipinski definition) is 1. The molecule has 1 N–H and O–H groups in total. The van der Waals surface area contributed by atoms with E-state index in [1.807, 2.05) is 66.7 Å². The number of nitrogens with one attached hydrogen (secondary N) is 1. The predicted molar refractivity (Wildman–Crippen MR) is 118 cm³/mol. The number of nitriles is 1. The van der Waals surface area contributed by atoms with Gasteiger partial charge in [0.1, 0.15) is 17.6 Å². The second-order valence-corrected chi connectivity index (χ2v) is 7.55. The maximum atomic E-state index is 9.59. The van der Waals surface area contributed by atoms with E-state index in [2.05, 4.69) is 28.5 Å². The van der Waals surface area contributed by atoms with Crippen molar-refractivity contribution >= 4 is 43.0 Å². The third kappa shape index (κ3) is 3.27. The Morgan fingerprint density at radius 3 is 2.38 bits per heavy atom. The summed E-state index contributed by atoms with van der Waals surface area (Å²) in [6.07, 6.45) is 1.64. The lowest BCUT2D eigenvalue weighted by Crippen LogP contribution is -1.95. The molecule has 2 aromatic heterocycles. The molecule has 0 saturated heterocycles. The highest BCUT2D eigenvalue weighted by Gasteiger charge is 2.14. The molecule has 0 aliphatic rings. The molecule has 0 unspecified atom stereocenters. The minimum atomic E-state index is 0.522. The van der Waals surface area contributed by atoms with E-state index < -0.39 is 0 Å². The van der Waals surface area contributed by atoms with Gasteiger partial charge in [0.2, 0.25) is 0 Å². The quantitative estimate of drug-likeness (QED) is 0.362. The number of nitrogens with zero attached hydrogens (tertiary/aromatic N) is 2. The highest BCUT2D eigenvalue weighted by Crippen LogP contribution is 2.39. The standard InChI is InChI=1S/C24H15N3OS/c25-14-16-15-26-23-20-8-4-5-9-21(20)29-24(23)22(16)27-17-10-12-19(13-11-17)28-18-6-2-1-3-7-18/h1-13,15H,(H,26,27). The van der Waals surface area contributed by atoms with E-state index >= 15 is 0 Å². The summed E-state index contributed by atoms with van der Waals surface area (Å²) in [5.74, 6) is 1.55. The molecular weight excluding hydrogens is 378 g/mol. The van der Waals surface area contributed by atoms with Crippen LogP contribution in [0.15, 0.2) is 85.1 Å². The van der Waals surface area contributed by atoms with Crippen LogP contribution >= 0.6 is 11.3 Å². The van der Waals surface area contributed by atoms with E-state index in [1.54, 1.807) is 17.5 Å². The van der Waals surface area contributed by atoms with E-state index in [9.17, 15) is 5.26 Å². The summed E-state index contributed by atoms with van der Waals surface area (Å²) < 4.78 is 7.98. The Bertz CT molecular complexity index is 1350. The first-order valence-corrected chi connectivity index (χ1v) is 9.94. The molecule has 0 spiro atoms. The van der Waals surface area contributed by atoms with Crippen LogP contribution in [0.4, 0.5) is 11.4 Å². The molecule has 5 heteroatoms. The van der Waals surface area contributed by atoms with Crippen LogP contribution in [0.2, 0.25) is 0 Å².